The van der Waals surface area contributed by atoms with Crippen molar-refractivity contribution in [3.05, 3.63) is 75.3 Å². The third-order valence-electron chi connectivity index (χ3n) is 4.00. The highest BCUT2D eigenvalue weighted by Gasteiger charge is 2.42. The summed E-state index contributed by atoms with van der Waals surface area (Å²) in [6.07, 6.45) is -0.140. The average Bonchev–Trinajstić information content (AvgIpc) is 2.84. The Labute approximate surface area is 141 Å². The Balaban J connectivity index is 1.90. The summed E-state index contributed by atoms with van der Waals surface area (Å²) in [5.74, 6) is -2.64. The molecule has 2 amide bonds. The molecule has 0 saturated heterocycles. The van der Waals surface area contributed by atoms with Gasteiger partial charge in [-0.05, 0) is 17.7 Å². The number of rotatable bonds is 5. The number of imide groups is 1. The van der Waals surface area contributed by atoms with Gasteiger partial charge in [0.15, 0.2) is 0 Å². The van der Waals surface area contributed by atoms with Crippen molar-refractivity contribution in [1.82, 2.24) is 4.90 Å². The summed E-state index contributed by atoms with van der Waals surface area (Å²) in [6, 6.07) is 10.1. The van der Waals surface area contributed by atoms with Gasteiger partial charge in [0.2, 0.25) is 0 Å². The number of carboxylic acid groups (broad SMARTS) is 1. The first kappa shape index (κ1) is 16.3. The zero-order valence-corrected chi connectivity index (χ0v) is 12.8. The number of aliphatic carboxylic acids is 1. The van der Waals surface area contributed by atoms with Crippen LogP contribution in [0, 0.1) is 10.1 Å². The van der Waals surface area contributed by atoms with Crippen LogP contribution in [0.3, 0.4) is 0 Å². The number of nitro groups is 1. The van der Waals surface area contributed by atoms with Crippen LogP contribution in [0.1, 0.15) is 26.3 Å². The number of hydrogen-bond donors (Lipinski definition) is 1. The smallest absolute Gasteiger partial charge is 0.327 e. The fraction of sp³-hybridized carbons (Fsp3) is 0.118. The van der Waals surface area contributed by atoms with Crippen LogP contribution >= 0.6 is 0 Å². The molecule has 0 aromatic heterocycles. The van der Waals surface area contributed by atoms with Crippen molar-refractivity contribution >= 4 is 23.5 Å². The maximum absolute atomic E-state index is 12.4. The highest BCUT2D eigenvalue weighted by Crippen LogP contribution is 2.26. The number of benzene rings is 2. The number of carboxylic acids is 1. The highest BCUT2D eigenvalue weighted by atomic mass is 16.6. The molecule has 3 rings (SSSR count). The van der Waals surface area contributed by atoms with Crippen molar-refractivity contribution in [2.45, 2.75) is 12.5 Å². The van der Waals surface area contributed by atoms with Gasteiger partial charge in [0.1, 0.15) is 6.04 Å². The van der Waals surface area contributed by atoms with Gasteiger partial charge in [-0.2, -0.15) is 0 Å². The van der Waals surface area contributed by atoms with Crippen LogP contribution in [-0.4, -0.2) is 38.8 Å². The molecule has 1 aliphatic heterocycles. The van der Waals surface area contributed by atoms with E-state index in [1.807, 2.05) is 0 Å². The summed E-state index contributed by atoms with van der Waals surface area (Å²) in [7, 11) is 0. The fourth-order valence-electron chi connectivity index (χ4n) is 2.76. The number of hydrogen-bond acceptors (Lipinski definition) is 5. The standard InChI is InChI=1S/C17H12N2O6/c20-15-12-3-1-2-4-13(12)16(21)18(15)14(17(22)23)9-10-5-7-11(8-6-10)19(24)25/h1-8,14H,9H2,(H,22,23). The molecule has 1 aliphatic rings. The van der Waals surface area contributed by atoms with Gasteiger partial charge in [0.25, 0.3) is 17.5 Å². The van der Waals surface area contributed by atoms with E-state index in [1.54, 1.807) is 12.1 Å². The van der Waals surface area contributed by atoms with E-state index < -0.39 is 28.7 Å². The van der Waals surface area contributed by atoms with Gasteiger partial charge in [-0.15, -0.1) is 0 Å². The van der Waals surface area contributed by atoms with Crippen molar-refractivity contribution in [3.8, 4) is 0 Å². The quantitative estimate of drug-likeness (QED) is 0.504. The number of nitro benzene ring substituents is 1. The largest absolute Gasteiger partial charge is 0.480 e. The minimum absolute atomic E-state index is 0.128. The van der Waals surface area contributed by atoms with Crippen LogP contribution in [-0.2, 0) is 11.2 Å². The summed E-state index contributed by atoms with van der Waals surface area (Å²) >= 11 is 0. The normalized spacial score (nSPS) is 14.3. The van der Waals surface area contributed by atoms with Crippen molar-refractivity contribution in [2.24, 2.45) is 0 Å². The van der Waals surface area contributed by atoms with Gasteiger partial charge in [0, 0.05) is 18.6 Å². The molecule has 25 heavy (non-hydrogen) atoms. The molecule has 0 fully saturated rings. The van der Waals surface area contributed by atoms with Gasteiger partial charge in [-0.3, -0.25) is 24.6 Å². The molecule has 1 N–H and O–H groups in total. The van der Waals surface area contributed by atoms with Crippen LogP contribution in [0.2, 0.25) is 0 Å². The Bertz CT molecular complexity index is 855. The molecule has 1 unspecified atom stereocenters. The van der Waals surface area contributed by atoms with E-state index in [0.29, 0.717) is 5.56 Å². The minimum Gasteiger partial charge on any atom is -0.480 e. The molecule has 0 aliphatic carbocycles. The van der Waals surface area contributed by atoms with Crippen LogP contribution in [0.15, 0.2) is 48.5 Å². The first-order valence-electron chi connectivity index (χ1n) is 7.33. The molecule has 2 aromatic rings. The molecule has 0 bridgehead atoms. The third kappa shape index (κ3) is 2.85. The molecule has 2 aromatic carbocycles. The molecule has 0 spiro atoms. The monoisotopic (exact) mass is 340 g/mol. The Morgan fingerprint density at radius 3 is 2.00 bits per heavy atom. The molecule has 0 saturated carbocycles. The number of nitrogens with zero attached hydrogens (tertiary/aromatic N) is 2. The second kappa shape index (κ2) is 6.16. The summed E-state index contributed by atoms with van der Waals surface area (Å²) in [6.45, 7) is 0. The molecule has 8 heteroatoms. The van der Waals surface area contributed by atoms with Crippen LogP contribution in [0.25, 0.3) is 0 Å². The number of carbonyl (C=O) groups is 3. The van der Waals surface area contributed by atoms with Crippen molar-refractivity contribution in [2.75, 3.05) is 0 Å². The Morgan fingerprint density at radius 2 is 1.56 bits per heavy atom. The van der Waals surface area contributed by atoms with Crippen molar-refractivity contribution in [3.63, 3.8) is 0 Å². The number of non-ortho nitro benzene ring substituents is 1. The van der Waals surface area contributed by atoms with Crippen LogP contribution in [0.4, 0.5) is 5.69 Å². The summed E-state index contributed by atoms with van der Waals surface area (Å²) in [4.78, 5) is 47.4. The average molecular weight is 340 g/mol. The van der Waals surface area contributed by atoms with Crippen LogP contribution in [0.5, 0.6) is 0 Å². The van der Waals surface area contributed by atoms with E-state index >= 15 is 0 Å². The summed E-state index contributed by atoms with van der Waals surface area (Å²) < 4.78 is 0. The number of carbonyl (C=O) groups excluding carboxylic acids is 2. The van der Waals surface area contributed by atoms with E-state index in [2.05, 4.69) is 0 Å². The molecule has 1 atom stereocenters. The highest BCUT2D eigenvalue weighted by molar-refractivity contribution is 6.22. The van der Waals surface area contributed by atoms with Crippen molar-refractivity contribution in [1.29, 1.82) is 0 Å². The van der Waals surface area contributed by atoms with E-state index in [9.17, 15) is 29.6 Å². The zero-order valence-electron chi connectivity index (χ0n) is 12.8. The first-order chi connectivity index (χ1) is 11.9. The van der Waals surface area contributed by atoms with Crippen LogP contribution < -0.4 is 0 Å². The molecule has 0 radical (unpaired) electrons. The van der Waals surface area contributed by atoms with E-state index in [-0.39, 0.29) is 23.2 Å². The zero-order chi connectivity index (χ0) is 18.1. The molecular formula is C17H12N2O6. The fourth-order valence-corrected chi connectivity index (χ4v) is 2.76. The van der Waals surface area contributed by atoms with Crippen molar-refractivity contribution < 1.29 is 24.4 Å². The van der Waals surface area contributed by atoms with Gasteiger partial charge < -0.3 is 5.11 Å². The second-order valence-electron chi connectivity index (χ2n) is 5.51. The lowest BCUT2D eigenvalue weighted by Gasteiger charge is -2.22. The third-order valence-corrected chi connectivity index (χ3v) is 4.00. The van der Waals surface area contributed by atoms with E-state index in [4.69, 9.17) is 0 Å². The summed E-state index contributed by atoms with van der Waals surface area (Å²) in [5.41, 5.74) is 0.677. The molecular weight excluding hydrogens is 328 g/mol. The lowest BCUT2D eigenvalue weighted by Crippen LogP contribution is -2.46. The Kier molecular flexibility index (Phi) is 4.02. The minimum atomic E-state index is -1.39. The number of fused-ring (bicyclic) bond motifs is 1. The predicted molar refractivity (Wildman–Crippen MR) is 85.2 cm³/mol. The second-order valence-corrected chi connectivity index (χ2v) is 5.51. The van der Waals surface area contributed by atoms with E-state index in [0.717, 1.165) is 4.90 Å². The predicted octanol–water partition coefficient (Wildman–Crippen LogP) is 1.89. The SMILES string of the molecule is O=C(O)C(Cc1ccc([N+](=O)[O-])cc1)N1C(=O)c2ccccc2C1=O. The van der Waals surface area contributed by atoms with E-state index in [1.165, 1.54) is 36.4 Å². The van der Waals surface area contributed by atoms with Gasteiger partial charge in [-0.25, -0.2) is 4.79 Å². The first-order valence-corrected chi connectivity index (χ1v) is 7.33. The Morgan fingerprint density at radius 1 is 1.04 bits per heavy atom. The molecule has 8 nitrogen and oxygen atoms in total. The van der Waals surface area contributed by atoms with Gasteiger partial charge in [0.05, 0.1) is 16.1 Å². The molecule has 126 valence electrons. The molecule has 1 heterocycles. The topological polar surface area (TPSA) is 118 Å². The number of amides is 2. The lowest BCUT2D eigenvalue weighted by molar-refractivity contribution is -0.384. The maximum Gasteiger partial charge on any atom is 0.327 e. The summed E-state index contributed by atoms with van der Waals surface area (Å²) in [5, 5.41) is 20.2. The maximum atomic E-state index is 12.4. The Hall–Kier alpha value is -3.55. The van der Waals surface area contributed by atoms with Gasteiger partial charge in [-0.1, -0.05) is 24.3 Å². The lowest BCUT2D eigenvalue weighted by atomic mass is 10.0. The van der Waals surface area contributed by atoms with Gasteiger partial charge >= 0.3 is 5.97 Å².